The molecule has 0 radical (unpaired) electrons. The van der Waals surface area contributed by atoms with Gasteiger partial charge in [-0.15, -0.1) is 5.10 Å². The van der Waals surface area contributed by atoms with Crippen LogP contribution in [0.5, 0.6) is 5.75 Å². The summed E-state index contributed by atoms with van der Waals surface area (Å²) in [5.41, 5.74) is -2.16. The predicted octanol–water partition coefficient (Wildman–Crippen LogP) is 4.52. The van der Waals surface area contributed by atoms with E-state index in [4.69, 9.17) is 4.74 Å². The number of aromatic nitrogens is 4. The number of alkyl halides is 5. The first kappa shape index (κ1) is 26.0. The van der Waals surface area contributed by atoms with Crippen molar-refractivity contribution < 1.29 is 36.2 Å². The van der Waals surface area contributed by atoms with E-state index in [1.165, 1.54) is 12.1 Å². The zero-order valence-corrected chi connectivity index (χ0v) is 18.4. The van der Waals surface area contributed by atoms with Crippen LogP contribution in [0.2, 0.25) is 0 Å². The van der Waals surface area contributed by atoms with Crippen molar-refractivity contribution in [2.24, 2.45) is 0 Å². The first-order valence-corrected chi connectivity index (χ1v) is 10.3. The molecule has 0 fully saturated rings. The number of rotatable bonds is 8. The Morgan fingerprint density at radius 1 is 1.20 bits per heavy atom. The zero-order chi connectivity index (χ0) is 25.9. The SMILES string of the molecule is CCn1c(CO)nn(-c2cc(O[C@@H](C)C(F)(F)F)c(/C=C/c3cccnc3C(F)F)cc2F)c1=O. The molecule has 1 aromatic carbocycles. The third-order valence-electron chi connectivity index (χ3n) is 4.99. The van der Waals surface area contributed by atoms with Crippen LogP contribution >= 0.6 is 0 Å². The number of aliphatic hydroxyl groups excluding tert-OH is 1. The fraction of sp³-hybridized carbons (Fsp3) is 0.318. The summed E-state index contributed by atoms with van der Waals surface area (Å²) >= 11 is 0. The maximum atomic E-state index is 15.0. The summed E-state index contributed by atoms with van der Waals surface area (Å²) in [6.07, 6.45) is -6.62. The number of halogens is 6. The second kappa shape index (κ2) is 10.3. The highest BCUT2D eigenvalue weighted by atomic mass is 19.4. The second-order valence-electron chi connectivity index (χ2n) is 7.27. The lowest BCUT2D eigenvalue weighted by molar-refractivity contribution is -0.189. The Balaban J connectivity index is 2.16. The maximum Gasteiger partial charge on any atom is 0.425 e. The number of hydrogen-bond donors (Lipinski definition) is 1. The Bertz CT molecular complexity index is 1280. The highest BCUT2D eigenvalue weighted by molar-refractivity contribution is 5.74. The topological polar surface area (TPSA) is 82.2 Å². The first-order valence-electron chi connectivity index (χ1n) is 10.3. The van der Waals surface area contributed by atoms with Gasteiger partial charge in [0.1, 0.15) is 29.6 Å². The molecule has 7 nitrogen and oxygen atoms in total. The summed E-state index contributed by atoms with van der Waals surface area (Å²) in [5, 5.41) is 13.2. The first-order chi connectivity index (χ1) is 16.5. The highest BCUT2D eigenvalue weighted by Crippen LogP contribution is 2.32. The molecule has 0 spiro atoms. The van der Waals surface area contributed by atoms with Crippen LogP contribution in [-0.2, 0) is 13.2 Å². The lowest BCUT2D eigenvalue weighted by Crippen LogP contribution is -2.31. The fourth-order valence-corrected chi connectivity index (χ4v) is 3.17. The van der Waals surface area contributed by atoms with Crippen LogP contribution in [0.4, 0.5) is 26.3 Å². The minimum atomic E-state index is -4.77. The van der Waals surface area contributed by atoms with Crippen LogP contribution in [0.1, 0.15) is 42.9 Å². The average Bonchev–Trinajstić information content (AvgIpc) is 3.13. The van der Waals surface area contributed by atoms with E-state index in [1.54, 1.807) is 6.92 Å². The average molecular weight is 502 g/mol. The molecule has 1 N–H and O–H groups in total. The molecule has 188 valence electrons. The van der Waals surface area contributed by atoms with Gasteiger partial charge in [0.05, 0.1) is 0 Å². The van der Waals surface area contributed by atoms with Crippen molar-refractivity contribution in [3.8, 4) is 11.4 Å². The van der Waals surface area contributed by atoms with Gasteiger partial charge < -0.3 is 9.84 Å². The normalized spacial score (nSPS) is 13.1. The summed E-state index contributed by atoms with van der Waals surface area (Å²) in [6.45, 7) is 1.78. The molecule has 0 aliphatic rings. The number of benzene rings is 1. The number of ether oxygens (including phenoxy) is 1. The predicted molar refractivity (Wildman–Crippen MR) is 114 cm³/mol. The van der Waals surface area contributed by atoms with E-state index in [-0.39, 0.29) is 23.5 Å². The molecule has 13 heteroatoms. The Labute approximate surface area is 194 Å². The van der Waals surface area contributed by atoms with Gasteiger partial charge in [-0.2, -0.15) is 17.9 Å². The number of aliphatic hydroxyl groups is 1. The van der Waals surface area contributed by atoms with E-state index in [0.717, 1.165) is 42.0 Å². The largest absolute Gasteiger partial charge is 0.481 e. The molecule has 3 rings (SSSR count). The molecule has 0 aliphatic heterocycles. The standard InChI is InChI=1S/C22H20F6N4O3/c1-3-31-18(11-33)30-32(21(31)34)16-10-17(35-12(2)22(26,27)28)14(9-15(16)23)7-6-13-5-4-8-29-19(13)20(24)25/h4-10,12,20,33H,3,11H2,1-2H3/b7-6+/t12-/m0/s1. The van der Waals surface area contributed by atoms with Crippen molar-refractivity contribution in [1.29, 1.82) is 0 Å². The Morgan fingerprint density at radius 3 is 2.46 bits per heavy atom. The quantitative estimate of drug-likeness (QED) is 0.458. The van der Waals surface area contributed by atoms with Gasteiger partial charge in [0, 0.05) is 29.9 Å². The molecular formula is C22H20F6N4O3. The van der Waals surface area contributed by atoms with Crippen molar-refractivity contribution in [2.45, 2.75) is 45.7 Å². The number of pyridine rings is 1. The van der Waals surface area contributed by atoms with Crippen molar-refractivity contribution in [3.05, 3.63) is 69.4 Å². The molecule has 0 unspecified atom stereocenters. The molecule has 0 saturated heterocycles. The van der Waals surface area contributed by atoms with Gasteiger partial charge in [-0.05, 0) is 26.0 Å². The lowest BCUT2D eigenvalue weighted by Gasteiger charge is -2.20. The van der Waals surface area contributed by atoms with E-state index in [9.17, 15) is 31.9 Å². The second-order valence-corrected chi connectivity index (χ2v) is 7.27. The van der Waals surface area contributed by atoms with Crippen molar-refractivity contribution >= 4 is 12.2 Å². The smallest absolute Gasteiger partial charge is 0.425 e. The molecule has 0 aliphatic carbocycles. The van der Waals surface area contributed by atoms with E-state index in [0.29, 0.717) is 4.68 Å². The van der Waals surface area contributed by atoms with Gasteiger partial charge in [0.25, 0.3) is 6.43 Å². The molecule has 2 heterocycles. The van der Waals surface area contributed by atoms with Crippen LogP contribution in [0.25, 0.3) is 17.8 Å². The Kier molecular flexibility index (Phi) is 7.68. The lowest BCUT2D eigenvalue weighted by atomic mass is 10.1. The van der Waals surface area contributed by atoms with Crippen LogP contribution in [0.15, 0.2) is 35.3 Å². The van der Waals surface area contributed by atoms with Crippen LogP contribution < -0.4 is 10.4 Å². The van der Waals surface area contributed by atoms with Gasteiger partial charge in [-0.3, -0.25) is 9.55 Å². The third-order valence-corrected chi connectivity index (χ3v) is 4.99. The fourth-order valence-electron chi connectivity index (χ4n) is 3.17. The molecule has 0 amide bonds. The highest BCUT2D eigenvalue weighted by Gasteiger charge is 2.38. The van der Waals surface area contributed by atoms with E-state index < -0.39 is 54.0 Å². The summed E-state index contributed by atoms with van der Waals surface area (Å²) in [6, 6.07) is 4.33. The van der Waals surface area contributed by atoms with Gasteiger partial charge in [-0.25, -0.2) is 18.0 Å². The van der Waals surface area contributed by atoms with Crippen LogP contribution in [0.3, 0.4) is 0 Å². The Morgan fingerprint density at radius 2 is 1.89 bits per heavy atom. The molecular weight excluding hydrogens is 482 g/mol. The van der Waals surface area contributed by atoms with Gasteiger partial charge in [-0.1, -0.05) is 18.2 Å². The number of hydrogen-bond acceptors (Lipinski definition) is 5. The van der Waals surface area contributed by atoms with Gasteiger partial charge in [0.2, 0.25) is 0 Å². The van der Waals surface area contributed by atoms with Crippen LogP contribution in [0, 0.1) is 5.82 Å². The van der Waals surface area contributed by atoms with Crippen molar-refractivity contribution in [2.75, 3.05) is 0 Å². The summed E-state index contributed by atoms with van der Waals surface area (Å²) < 4.78 is 87.6. The monoisotopic (exact) mass is 502 g/mol. The minimum absolute atomic E-state index is 0.0349. The van der Waals surface area contributed by atoms with Gasteiger partial charge in [0.15, 0.2) is 11.9 Å². The molecule has 35 heavy (non-hydrogen) atoms. The van der Waals surface area contributed by atoms with E-state index in [2.05, 4.69) is 10.1 Å². The van der Waals surface area contributed by atoms with Crippen molar-refractivity contribution in [1.82, 2.24) is 19.3 Å². The third kappa shape index (κ3) is 5.56. The van der Waals surface area contributed by atoms with E-state index in [1.807, 2.05) is 0 Å². The molecule has 1 atom stereocenters. The minimum Gasteiger partial charge on any atom is -0.481 e. The molecule has 2 aromatic heterocycles. The molecule has 3 aromatic rings. The van der Waals surface area contributed by atoms with Gasteiger partial charge >= 0.3 is 11.9 Å². The Hall–Kier alpha value is -3.61. The van der Waals surface area contributed by atoms with Crippen LogP contribution in [-0.4, -0.2) is 36.7 Å². The summed E-state index contributed by atoms with van der Waals surface area (Å²) in [7, 11) is 0. The van der Waals surface area contributed by atoms with Crippen molar-refractivity contribution in [3.63, 3.8) is 0 Å². The maximum absolute atomic E-state index is 15.0. The molecule has 0 saturated carbocycles. The van der Waals surface area contributed by atoms with E-state index >= 15 is 4.39 Å². The number of nitrogens with zero attached hydrogens (tertiary/aromatic N) is 4. The molecule has 0 bridgehead atoms. The zero-order valence-electron chi connectivity index (χ0n) is 18.4. The summed E-state index contributed by atoms with van der Waals surface area (Å²) in [4.78, 5) is 16.2. The summed E-state index contributed by atoms with van der Waals surface area (Å²) in [5.74, 6) is -1.61.